The van der Waals surface area contributed by atoms with Gasteiger partial charge in [0.15, 0.2) is 0 Å². The van der Waals surface area contributed by atoms with E-state index < -0.39 is 23.4 Å². The standard InChI is InChI=1S/C31H53F3O3/c1-5-9-10-11-12-15-18-26(31(35-21-6-2,36-22-7-3)37-23-8-4)19-16-13-14-17-20-28-29(33)24-27(32)25-30(28)34/h24-26H,5-23H2,1-4H3. The maximum atomic E-state index is 13.9. The second kappa shape index (κ2) is 20.8. The number of ether oxygens (including phenoxy) is 3. The Labute approximate surface area is 224 Å². The maximum Gasteiger partial charge on any atom is 0.285 e. The van der Waals surface area contributed by atoms with Crippen molar-refractivity contribution >= 4 is 0 Å². The zero-order valence-corrected chi connectivity index (χ0v) is 24.0. The fraction of sp³-hybridized carbons (Fsp3) is 0.806. The molecule has 1 aromatic rings. The highest BCUT2D eigenvalue weighted by Gasteiger charge is 2.41. The lowest BCUT2D eigenvalue weighted by atomic mass is 9.91. The van der Waals surface area contributed by atoms with Crippen LogP contribution in [0.4, 0.5) is 13.2 Å². The van der Waals surface area contributed by atoms with Gasteiger partial charge in [0.25, 0.3) is 5.97 Å². The molecule has 0 fully saturated rings. The van der Waals surface area contributed by atoms with Gasteiger partial charge >= 0.3 is 0 Å². The van der Waals surface area contributed by atoms with E-state index in [0.29, 0.717) is 26.2 Å². The molecule has 0 saturated carbocycles. The van der Waals surface area contributed by atoms with Gasteiger partial charge in [-0.1, -0.05) is 85.5 Å². The Morgan fingerprint density at radius 3 is 1.49 bits per heavy atom. The van der Waals surface area contributed by atoms with Crippen molar-refractivity contribution in [2.75, 3.05) is 19.8 Å². The summed E-state index contributed by atoms with van der Waals surface area (Å²) in [6.07, 6.45) is 15.7. The summed E-state index contributed by atoms with van der Waals surface area (Å²) in [6, 6.07) is 1.52. The molecular weight excluding hydrogens is 477 g/mol. The SMILES string of the molecule is CCCCCCCCC(CCCCCCc1c(F)cc(F)cc1F)C(OCCC)(OCCC)OCCC. The minimum Gasteiger partial charge on any atom is -0.327 e. The van der Waals surface area contributed by atoms with Gasteiger partial charge in [0.2, 0.25) is 0 Å². The first-order valence-electron chi connectivity index (χ1n) is 15.0. The van der Waals surface area contributed by atoms with Crippen molar-refractivity contribution in [2.24, 2.45) is 5.92 Å². The van der Waals surface area contributed by atoms with E-state index in [9.17, 15) is 13.2 Å². The van der Waals surface area contributed by atoms with Gasteiger partial charge in [0, 0.05) is 23.6 Å². The van der Waals surface area contributed by atoms with Gasteiger partial charge in [-0.25, -0.2) is 13.2 Å². The highest BCUT2D eigenvalue weighted by Crippen LogP contribution is 2.35. The van der Waals surface area contributed by atoms with Crippen LogP contribution in [0, 0.1) is 23.4 Å². The normalized spacial score (nSPS) is 12.8. The van der Waals surface area contributed by atoms with Crippen LogP contribution >= 0.6 is 0 Å². The Kier molecular flexibility index (Phi) is 19.1. The van der Waals surface area contributed by atoms with Crippen LogP contribution in [0.3, 0.4) is 0 Å². The molecule has 0 spiro atoms. The van der Waals surface area contributed by atoms with E-state index in [1.165, 1.54) is 32.1 Å². The molecule has 216 valence electrons. The van der Waals surface area contributed by atoms with E-state index in [4.69, 9.17) is 14.2 Å². The van der Waals surface area contributed by atoms with Gasteiger partial charge in [0.05, 0.1) is 19.8 Å². The summed E-state index contributed by atoms with van der Waals surface area (Å²) in [7, 11) is 0. The molecule has 0 N–H and O–H groups in total. The monoisotopic (exact) mass is 530 g/mol. The maximum absolute atomic E-state index is 13.9. The lowest BCUT2D eigenvalue weighted by Crippen LogP contribution is -2.47. The molecule has 0 bridgehead atoms. The fourth-order valence-corrected chi connectivity index (χ4v) is 4.74. The molecule has 0 heterocycles. The summed E-state index contributed by atoms with van der Waals surface area (Å²) in [4.78, 5) is 0. The predicted molar refractivity (Wildman–Crippen MR) is 146 cm³/mol. The number of hydrogen-bond acceptors (Lipinski definition) is 3. The molecule has 6 heteroatoms. The third-order valence-corrected chi connectivity index (χ3v) is 6.76. The van der Waals surface area contributed by atoms with Crippen LogP contribution < -0.4 is 0 Å². The van der Waals surface area contributed by atoms with Crippen LogP contribution in [0.15, 0.2) is 12.1 Å². The number of unbranched alkanes of at least 4 members (excludes halogenated alkanes) is 8. The molecule has 0 saturated heterocycles. The number of hydrogen-bond donors (Lipinski definition) is 0. The molecule has 1 rings (SSSR count). The average molecular weight is 531 g/mol. The lowest BCUT2D eigenvalue weighted by molar-refractivity contribution is -0.406. The minimum absolute atomic E-state index is 0.0183. The van der Waals surface area contributed by atoms with Crippen molar-refractivity contribution in [1.29, 1.82) is 0 Å². The molecule has 0 amide bonds. The zero-order chi connectivity index (χ0) is 27.4. The molecule has 1 unspecified atom stereocenters. The Hall–Kier alpha value is -1.11. The third kappa shape index (κ3) is 13.5. The summed E-state index contributed by atoms with van der Waals surface area (Å²) in [5.41, 5.74) is -0.0183. The molecule has 0 aliphatic heterocycles. The summed E-state index contributed by atoms with van der Waals surface area (Å²) >= 11 is 0. The first kappa shape index (κ1) is 33.9. The van der Waals surface area contributed by atoms with Crippen LogP contribution in [-0.2, 0) is 20.6 Å². The first-order chi connectivity index (χ1) is 17.9. The second-order valence-electron chi connectivity index (χ2n) is 10.2. The van der Waals surface area contributed by atoms with E-state index >= 15 is 0 Å². The Morgan fingerprint density at radius 2 is 1.03 bits per heavy atom. The Morgan fingerprint density at radius 1 is 0.595 bits per heavy atom. The van der Waals surface area contributed by atoms with Crippen molar-refractivity contribution in [1.82, 2.24) is 0 Å². The van der Waals surface area contributed by atoms with Gasteiger partial charge in [-0.15, -0.1) is 0 Å². The number of rotatable bonds is 24. The largest absolute Gasteiger partial charge is 0.327 e. The molecule has 1 atom stereocenters. The van der Waals surface area contributed by atoms with Crippen molar-refractivity contribution in [3.05, 3.63) is 35.1 Å². The average Bonchev–Trinajstić information content (AvgIpc) is 2.88. The van der Waals surface area contributed by atoms with Gasteiger partial charge < -0.3 is 14.2 Å². The van der Waals surface area contributed by atoms with Crippen LogP contribution in [0.2, 0.25) is 0 Å². The summed E-state index contributed by atoms with van der Waals surface area (Å²) in [5, 5.41) is 0. The Balaban J connectivity index is 2.76. The lowest BCUT2D eigenvalue weighted by Gasteiger charge is -2.40. The first-order valence-corrected chi connectivity index (χ1v) is 15.0. The summed E-state index contributed by atoms with van der Waals surface area (Å²) < 4.78 is 60.1. The van der Waals surface area contributed by atoms with E-state index in [2.05, 4.69) is 27.7 Å². The quantitative estimate of drug-likeness (QED) is 0.0983. The highest BCUT2D eigenvalue weighted by molar-refractivity contribution is 5.20. The molecule has 0 aliphatic rings. The minimum atomic E-state index is -1.01. The molecule has 37 heavy (non-hydrogen) atoms. The molecule has 3 nitrogen and oxygen atoms in total. The highest BCUT2D eigenvalue weighted by atomic mass is 19.1. The summed E-state index contributed by atoms with van der Waals surface area (Å²) in [5.74, 6) is -3.34. The van der Waals surface area contributed by atoms with Crippen molar-refractivity contribution < 1.29 is 27.4 Å². The summed E-state index contributed by atoms with van der Waals surface area (Å²) in [6.45, 7) is 10.3. The third-order valence-electron chi connectivity index (χ3n) is 6.76. The molecule has 0 aromatic heterocycles. The van der Waals surface area contributed by atoms with Gasteiger partial charge in [-0.2, -0.15) is 0 Å². The van der Waals surface area contributed by atoms with E-state index in [-0.39, 0.29) is 17.9 Å². The zero-order valence-electron chi connectivity index (χ0n) is 24.0. The molecule has 0 aliphatic carbocycles. The van der Waals surface area contributed by atoms with E-state index in [0.717, 1.165) is 69.9 Å². The fourth-order valence-electron chi connectivity index (χ4n) is 4.74. The van der Waals surface area contributed by atoms with Crippen LogP contribution in [0.25, 0.3) is 0 Å². The van der Waals surface area contributed by atoms with E-state index in [1.807, 2.05) is 0 Å². The van der Waals surface area contributed by atoms with Crippen molar-refractivity contribution in [2.45, 2.75) is 136 Å². The van der Waals surface area contributed by atoms with Crippen LogP contribution in [0.5, 0.6) is 0 Å². The molecule has 0 radical (unpaired) electrons. The van der Waals surface area contributed by atoms with Gasteiger partial charge in [-0.3, -0.25) is 0 Å². The second-order valence-corrected chi connectivity index (χ2v) is 10.2. The predicted octanol–water partition coefficient (Wildman–Crippen LogP) is 9.90. The Bertz CT molecular complexity index is 653. The smallest absolute Gasteiger partial charge is 0.285 e. The number of halogens is 3. The molecular formula is C31H53F3O3. The van der Waals surface area contributed by atoms with Gasteiger partial charge in [0.1, 0.15) is 17.5 Å². The van der Waals surface area contributed by atoms with Crippen molar-refractivity contribution in [3.63, 3.8) is 0 Å². The van der Waals surface area contributed by atoms with Crippen molar-refractivity contribution in [3.8, 4) is 0 Å². The van der Waals surface area contributed by atoms with E-state index in [1.54, 1.807) is 0 Å². The van der Waals surface area contributed by atoms with Gasteiger partial charge in [-0.05, 0) is 44.9 Å². The van der Waals surface area contributed by atoms with Crippen LogP contribution in [0.1, 0.15) is 130 Å². The number of benzene rings is 1. The molecule has 1 aromatic carbocycles. The topological polar surface area (TPSA) is 27.7 Å². The van der Waals surface area contributed by atoms with Crippen LogP contribution in [-0.4, -0.2) is 25.8 Å².